The van der Waals surface area contributed by atoms with E-state index in [1.807, 2.05) is 0 Å². The van der Waals surface area contributed by atoms with Crippen LogP contribution >= 0.6 is 58.0 Å². The lowest BCUT2D eigenvalue weighted by molar-refractivity contribution is 0.104. The normalized spacial score (nSPS) is 11.4. The van der Waals surface area contributed by atoms with Crippen LogP contribution in [0.2, 0.25) is 25.1 Å². The fraction of sp³-hybridized carbons (Fsp3) is 0.111. The van der Waals surface area contributed by atoms with Gasteiger partial charge in [-0.15, -0.1) is 0 Å². The lowest BCUT2D eigenvalue weighted by Crippen LogP contribution is -1.96. The van der Waals surface area contributed by atoms with Crippen LogP contribution < -0.4 is 4.74 Å². The Morgan fingerprint density at radius 3 is 2.36 bits per heavy atom. The summed E-state index contributed by atoms with van der Waals surface area (Å²) in [5.41, 5.74) is 0.481. The lowest BCUT2D eigenvalue weighted by Gasteiger charge is -2.12. The summed E-state index contributed by atoms with van der Waals surface area (Å²) in [5.74, 6) is 0.859. The highest BCUT2D eigenvalue weighted by Gasteiger charge is 2.21. The molecule has 146 valence electrons. The van der Waals surface area contributed by atoms with Crippen LogP contribution in [-0.4, -0.2) is 15.6 Å². The van der Waals surface area contributed by atoms with Gasteiger partial charge in [-0.3, -0.25) is 9.48 Å². The molecule has 5 nitrogen and oxygen atoms in total. The van der Waals surface area contributed by atoms with Crippen LogP contribution in [-0.2, 0) is 13.7 Å². The minimum Gasteiger partial charge on any atom is -0.482 e. The molecule has 28 heavy (non-hydrogen) atoms. The Balaban J connectivity index is 1.69. The van der Waals surface area contributed by atoms with E-state index in [4.69, 9.17) is 67.2 Å². The Labute approximate surface area is 185 Å². The first-order chi connectivity index (χ1) is 13.3. The molecule has 0 spiro atoms. The third kappa shape index (κ3) is 4.50. The minimum atomic E-state index is -0.189. The van der Waals surface area contributed by atoms with Crippen molar-refractivity contribution < 1.29 is 13.9 Å². The maximum atomic E-state index is 12.0. The van der Waals surface area contributed by atoms with Crippen molar-refractivity contribution in [1.29, 1.82) is 0 Å². The Morgan fingerprint density at radius 1 is 1.11 bits per heavy atom. The van der Waals surface area contributed by atoms with E-state index >= 15 is 0 Å². The molecule has 0 saturated carbocycles. The Hall–Kier alpha value is -1.63. The minimum absolute atomic E-state index is 0.0120. The van der Waals surface area contributed by atoms with Crippen molar-refractivity contribution in [2.45, 2.75) is 6.61 Å². The van der Waals surface area contributed by atoms with Crippen LogP contribution in [0.1, 0.15) is 21.9 Å². The number of rotatable bonds is 6. The molecule has 0 bridgehead atoms. The molecule has 0 radical (unpaired) electrons. The summed E-state index contributed by atoms with van der Waals surface area (Å²) in [7, 11) is 1.73. The number of benzene rings is 1. The molecule has 0 atom stereocenters. The summed E-state index contributed by atoms with van der Waals surface area (Å²) in [6.45, 7) is 0.0120. The smallest absolute Gasteiger partial charge is 0.189 e. The molecule has 10 heteroatoms. The molecular weight excluding hydrogens is 469 g/mol. The number of nitrogens with zero attached hydrogens (tertiary/aromatic N) is 2. The van der Waals surface area contributed by atoms with E-state index < -0.39 is 0 Å². The molecule has 0 amide bonds. The summed E-state index contributed by atoms with van der Waals surface area (Å²) < 4.78 is 12.7. The Kier molecular flexibility index (Phi) is 6.63. The van der Waals surface area contributed by atoms with Crippen LogP contribution in [0.4, 0.5) is 0 Å². The molecular formula is C18H11Cl5N2O3. The Morgan fingerprint density at radius 2 is 1.75 bits per heavy atom. The SMILES string of the molecule is Cn1cc(C(=O)/C=C/c2ccc(COc3c(Cl)c(Cl)c(Cl)c(Cl)c3Cl)o2)cn1. The fourth-order valence-corrected chi connectivity index (χ4v) is 3.45. The summed E-state index contributed by atoms with van der Waals surface area (Å²) in [4.78, 5) is 12.0. The zero-order chi connectivity index (χ0) is 20.4. The molecule has 2 aromatic heterocycles. The highest BCUT2D eigenvalue weighted by molar-refractivity contribution is 6.55. The van der Waals surface area contributed by atoms with Crippen LogP contribution in [0.25, 0.3) is 6.08 Å². The van der Waals surface area contributed by atoms with Crippen LogP contribution in [0, 0.1) is 0 Å². The van der Waals surface area contributed by atoms with Crippen molar-refractivity contribution in [3.8, 4) is 5.75 Å². The third-order valence-electron chi connectivity index (χ3n) is 3.60. The van der Waals surface area contributed by atoms with Gasteiger partial charge in [0.05, 0.1) is 26.8 Å². The van der Waals surface area contributed by atoms with E-state index in [2.05, 4.69) is 5.10 Å². The number of hydrogen-bond acceptors (Lipinski definition) is 4. The van der Waals surface area contributed by atoms with Gasteiger partial charge in [0, 0.05) is 13.2 Å². The highest BCUT2D eigenvalue weighted by atomic mass is 35.5. The van der Waals surface area contributed by atoms with Gasteiger partial charge < -0.3 is 9.15 Å². The van der Waals surface area contributed by atoms with E-state index in [0.29, 0.717) is 17.1 Å². The number of ether oxygens (including phenoxy) is 1. The number of allylic oxidation sites excluding steroid dienone is 1. The van der Waals surface area contributed by atoms with E-state index in [1.165, 1.54) is 12.3 Å². The topological polar surface area (TPSA) is 57.3 Å². The number of carbonyl (C=O) groups is 1. The fourth-order valence-electron chi connectivity index (χ4n) is 2.22. The molecule has 0 aliphatic heterocycles. The molecule has 0 saturated heterocycles. The van der Waals surface area contributed by atoms with Crippen molar-refractivity contribution in [2.24, 2.45) is 7.05 Å². The van der Waals surface area contributed by atoms with Gasteiger partial charge in [-0.25, -0.2) is 0 Å². The average molecular weight is 481 g/mol. The maximum Gasteiger partial charge on any atom is 0.189 e. The number of aryl methyl sites for hydroxylation is 1. The van der Waals surface area contributed by atoms with Gasteiger partial charge in [0.2, 0.25) is 0 Å². The molecule has 0 aliphatic carbocycles. The van der Waals surface area contributed by atoms with Crippen LogP contribution in [0.5, 0.6) is 5.75 Å². The maximum absolute atomic E-state index is 12.0. The molecule has 0 fully saturated rings. The number of aromatic nitrogens is 2. The second-order valence-corrected chi connectivity index (χ2v) is 7.48. The monoisotopic (exact) mass is 478 g/mol. The van der Waals surface area contributed by atoms with Crippen molar-refractivity contribution >= 4 is 69.9 Å². The largest absolute Gasteiger partial charge is 0.482 e. The van der Waals surface area contributed by atoms with Gasteiger partial charge in [-0.1, -0.05) is 58.0 Å². The van der Waals surface area contributed by atoms with Crippen molar-refractivity contribution in [2.75, 3.05) is 0 Å². The highest BCUT2D eigenvalue weighted by Crippen LogP contribution is 2.48. The van der Waals surface area contributed by atoms with Crippen molar-refractivity contribution in [3.63, 3.8) is 0 Å². The average Bonchev–Trinajstić information content (AvgIpc) is 3.32. The van der Waals surface area contributed by atoms with E-state index in [9.17, 15) is 4.79 Å². The zero-order valence-corrected chi connectivity index (χ0v) is 18.0. The molecule has 3 rings (SSSR count). The summed E-state index contributed by atoms with van der Waals surface area (Å²) in [6, 6.07) is 3.38. The summed E-state index contributed by atoms with van der Waals surface area (Å²) >= 11 is 30.2. The molecule has 0 aliphatic rings. The number of furan rings is 1. The van der Waals surface area contributed by atoms with E-state index in [-0.39, 0.29) is 43.3 Å². The van der Waals surface area contributed by atoms with Gasteiger partial charge >= 0.3 is 0 Å². The second kappa shape index (κ2) is 8.80. The van der Waals surface area contributed by atoms with E-state index in [1.54, 1.807) is 36.1 Å². The predicted molar refractivity (Wildman–Crippen MR) is 111 cm³/mol. The molecule has 0 N–H and O–H groups in total. The molecule has 1 aromatic carbocycles. The molecule has 3 aromatic rings. The number of ketones is 1. The molecule has 2 heterocycles. The first-order valence-electron chi connectivity index (χ1n) is 7.72. The zero-order valence-electron chi connectivity index (χ0n) is 14.2. The molecule has 0 unspecified atom stereocenters. The quantitative estimate of drug-likeness (QED) is 0.169. The number of carbonyl (C=O) groups excluding carboxylic acids is 1. The third-order valence-corrected chi connectivity index (χ3v) is 5.84. The van der Waals surface area contributed by atoms with Gasteiger partial charge in [-0.05, 0) is 24.3 Å². The van der Waals surface area contributed by atoms with Crippen LogP contribution in [0.15, 0.2) is 35.0 Å². The van der Waals surface area contributed by atoms with Gasteiger partial charge in [0.25, 0.3) is 0 Å². The predicted octanol–water partition coefficient (Wildman–Crippen LogP) is 6.76. The number of halogens is 5. The summed E-state index contributed by atoms with van der Waals surface area (Å²) in [6.07, 6.45) is 6.07. The van der Waals surface area contributed by atoms with Gasteiger partial charge in [-0.2, -0.15) is 5.10 Å². The number of hydrogen-bond donors (Lipinski definition) is 0. The van der Waals surface area contributed by atoms with Crippen molar-refractivity contribution in [1.82, 2.24) is 9.78 Å². The standard InChI is InChI=1S/C18H11Cl5N2O3/c1-25-7-9(6-24-25)12(26)5-4-10-2-3-11(28-10)8-27-18-16(22)14(20)13(19)15(21)17(18)23/h2-7H,8H2,1H3/b5-4+. The van der Waals surface area contributed by atoms with Crippen LogP contribution in [0.3, 0.4) is 0 Å². The first-order valence-corrected chi connectivity index (χ1v) is 9.61. The first kappa shape index (κ1) is 21.1. The van der Waals surface area contributed by atoms with E-state index in [0.717, 1.165) is 0 Å². The lowest BCUT2D eigenvalue weighted by atomic mass is 10.2. The summed E-state index contributed by atoms with van der Waals surface area (Å²) in [5, 5.41) is 4.20. The van der Waals surface area contributed by atoms with Gasteiger partial charge in [0.1, 0.15) is 28.2 Å². The van der Waals surface area contributed by atoms with Gasteiger partial charge in [0.15, 0.2) is 11.5 Å². The Bertz CT molecular complexity index is 1040. The second-order valence-electron chi connectivity index (χ2n) is 5.59. The van der Waals surface area contributed by atoms with Crippen molar-refractivity contribution in [3.05, 3.63) is 72.8 Å².